The molecule has 0 aliphatic rings. The Morgan fingerprint density at radius 3 is 2.29 bits per heavy atom. The number of anilines is 2. The highest BCUT2D eigenvalue weighted by Crippen LogP contribution is 2.26. The van der Waals surface area contributed by atoms with E-state index >= 15 is 0 Å². The molecule has 38 heavy (non-hydrogen) atoms. The molecule has 1 heterocycles. The molecule has 1 unspecified atom stereocenters. The molecule has 0 radical (unpaired) electrons. The number of nitrogens with one attached hydrogen (secondary N) is 2. The standard InChI is InChI=1S/C28H25N5O4S/c1-36-27(35)20-13-11-18(12-14-20)21(29)17-26(34)37-24-10-6-5-9-23(24)30-28(38)31-25-16-15-22(32-33-25)19-7-3-2-4-8-19/h2-16,21H,17,29H2,1H3,(H2,30,31,33,38). The van der Waals surface area contributed by atoms with Gasteiger partial charge in [-0.05, 0) is 54.2 Å². The van der Waals surface area contributed by atoms with Crippen LogP contribution in [0.25, 0.3) is 11.3 Å². The number of carbonyl (C=O) groups excluding carboxylic acids is 2. The lowest BCUT2D eigenvalue weighted by atomic mass is 10.0. The fraction of sp³-hybridized carbons (Fsp3) is 0.107. The molecular weight excluding hydrogens is 502 g/mol. The Morgan fingerprint density at radius 1 is 0.895 bits per heavy atom. The Labute approximate surface area is 225 Å². The van der Waals surface area contributed by atoms with Crippen molar-refractivity contribution in [1.82, 2.24) is 10.2 Å². The summed E-state index contributed by atoms with van der Waals surface area (Å²) in [6.45, 7) is 0. The second kappa shape index (κ2) is 12.5. The van der Waals surface area contributed by atoms with E-state index in [2.05, 4.69) is 20.8 Å². The van der Waals surface area contributed by atoms with Crippen molar-refractivity contribution < 1.29 is 19.1 Å². The van der Waals surface area contributed by atoms with Crippen molar-refractivity contribution in [1.29, 1.82) is 0 Å². The number of nitrogens with two attached hydrogens (primary N) is 1. The number of hydrogen-bond acceptors (Lipinski definition) is 8. The maximum Gasteiger partial charge on any atom is 0.337 e. The fourth-order valence-corrected chi connectivity index (χ4v) is 3.75. The van der Waals surface area contributed by atoms with E-state index in [-0.39, 0.29) is 11.5 Å². The molecule has 4 rings (SSSR count). The summed E-state index contributed by atoms with van der Waals surface area (Å²) in [6.07, 6.45) is -0.0715. The monoisotopic (exact) mass is 527 g/mol. The van der Waals surface area contributed by atoms with Gasteiger partial charge in [0.25, 0.3) is 0 Å². The number of esters is 2. The normalized spacial score (nSPS) is 11.2. The summed E-state index contributed by atoms with van der Waals surface area (Å²) in [4.78, 5) is 24.2. The summed E-state index contributed by atoms with van der Waals surface area (Å²) in [6, 6.07) is 26.2. The molecular formula is C28H25N5O4S. The van der Waals surface area contributed by atoms with Crippen molar-refractivity contribution in [3.05, 3.63) is 102 Å². The number of thiocarbonyl (C=S) groups is 1. The van der Waals surface area contributed by atoms with E-state index < -0.39 is 18.0 Å². The molecule has 9 nitrogen and oxygen atoms in total. The molecule has 0 amide bonds. The van der Waals surface area contributed by atoms with Crippen LogP contribution in [-0.2, 0) is 9.53 Å². The van der Waals surface area contributed by atoms with Crippen LogP contribution in [0.5, 0.6) is 5.75 Å². The van der Waals surface area contributed by atoms with Crippen LogP contribution in [0, 0.1) is 0 Å². The molecule has 4 aromatic rings. The highest BCUT2D eigenvalue weighted by Gasteiger charge is 2.16. The van der Waals surface area contributed by atoms with Gasteiger partial charge in [-0.2, -0.15) is 0 Å². The Balaban J connectivity index is 1.34. The van der Waals surface area contributed by atoms with E-state index in [4.69, 9.17) is 27.4 Å². The Hall–Kier alpha value is -4.67. The second-order valence-corrected chi connectivity index (χ2v) is 8.55. The molecule has 1 atom stereocenters. The third-order valence-corrected chi connectivity index (χ3v) is 5.69. The first-order chi connectivity index (χ1) is 18.4. The third-order valence-electron chi connectivity index (χ3n) is 5.48. The number of ether oxygens (including phenoxy) is 2. The van der Waals surface area contributed by atoms with Crippen LogP contribution in [-0.4, -0.2) is 34.4 Å². The summed E-state index contributed by atoms with van der Waals surface area (Å²) < 4.78 is 10.3. The van der Waals surface area contributed by atoms with Crippen LogP contribution in [0.4, 0.5) is 11.5 Å². The molecule has 0 aliphatic carbocycles. The van der Waals surface area contributed by atoms with Crippen molar-refractivity contribution in [2.24, 2.45) is 5.73 Å². The first-order valence-corrected chi connectivity index (χ1v) is 12.0. The predicted octanol–water partition coefficient (Wildman–Crippen LogP) is 4.73. The van der Waals surface area contributed by atoms with Gasteiger partial charge in [0, 0.05) is 11.6 Å². The van der Waals surface area contributed by atoms with E-state index in [9.17, 15) is 9.59 Å². The summed E-state index contributed by atoms with van der Waals surface area (Å²) in [7, 11) is 1.31. The Bertz CT molecular complexity index is 1410. The lowest BCUT2D eigenvalue weighted by molar-refractivity contribution is -0.134. The van der Waals surface area contributed by atoms with Gasteiger partial charge in [-0.1, -0.05) is 54.6 Å². The quantitative estimate of drug-likeness (QED) is 0.168. The van der Waals surface area contributed by atoms with Crippen molar-refractivity contribution in [2.75, 3.05) is 17.7 Å². The summed E-state index contributed by atoms with van der Waals surface area (Å²) >= 11 is 5.41. The second-order valence-electron chi connectivity index (χ2n) is 8.14. The first-order valence-electron chi connectivity index (χ1n) is 11.6. The van der Waals surface area contributed by atoms with Gasteiger partial charge in [0.05, 0.1) is 30.5 Å². The molecule has 0 aliphatic heterocycles. The topological polar surface area (TPSA) is 128 Å². The van der Waals surface area contributed by atoms with Gasteiger partial charge >= 0.3 is 11.9 Å². The maximum atomic E-state index is 12.6. The molecule has 0 saturated carbocycles. The average Bonchev–Trinajstić information content (AvgIpc) is 2.94. The number of para-hydroxylation sites is 2. The molecule has 0 bridgehead atoms. The van der Waals surface area contributed by atoms with E-state index in [1.807, 2.05) is 36.4 Å². The van der Waals surface area contributed by atoms with Crippen LogP contribution in [0.3, 0.4) is 0 Å². The lowest BCUT2D eigenvalue weighted by Crippen LogP contribution is -2.22. The predicted molar refractivity (Wildman–Crippen MR) is 149 cm³/mol. The van der Waals surface area contributed by atoms with Crippen LogP contribution in [0.15, 0.2) is 91.0 Å². The lowest BCUT2D eigenvalue weighted by Gasteiger charge is -2.15. The van der Waals surface area contributed by atoms with Crippen LogP contribution in [0.1, 0.15) is 28.4 Å². The number of benzene rings is 3. The van der Waals surface area contributed by atoms with Crippen molar-refractivity contribution in [2.45, 2.75) is 12.5 Å². The number of carbonyl (C=O) groups is 2. The average molecular weight is 528 g/mol. The number of methoxy groups -OCH3 is 1. The van der Waals surface area contributed by atoms with Gasteiger partial charge < -0.3 is 25.8 Å². The number of aromatic nitrogens is 2. The summed E-state index contributed by atoms with van der Waals surface area (Å²) in [5.41, 5.74) is 9.46. The maximum absolute atomic E-state index is 12.6. The zero-order valence-electron chi connectivity index (χ0n) is 20.5. The van der Waals surface area contributed by atoms with Crippen LogP contribution in [0.2, 0.25) is 0 Å². The molecule has 3 aromatic carbocycles. The summed E-state index contributed by atoms with van der Waals surface area (Å²) in [5.74, 6) is -0.219. The zero-order chi connectivity index (χ0) is 26.9. The van der Waals surface area contributed by atoms with E-state index in [1.165, 1.54) is 7.11 Å². The zero-order valence-corrected chi connectivity index (χ0v) is 21.3. The van der Waals surface area contributed by atoms with Gasteiger partial charge in [0.2, 0.25) is 0 Å². The van der Waals surface area contributed by atoms with Gasteiger partial charge in [-0.15, -0.1) is 10.2 Å². The SMILES string of the molecule is COC(=O)c1ccc(C(N)CC(=O)Oc2ccccc2NC(=S)Nc2ccc(-c3ccccc3)nn2)cc1. The van der Waals surface area contributed by atoms with Gasteiger partial charge in [-0.25, -0.2) is 4.79 Å². The van der Waals surface area contributed by atoms with E-state index in [0.29, 0.717) is 28.4 Å². The van der Waals surface area contributed by atoms with Crippen molar-refractivity contribution in [3.63, 3.8) is 0 Å². The largest absolute Gasteiger partial charge is 0.465 e. The smallest absolute Gasteiger partial charge is 0.337 e. The number of hydrogen-bond donors (Lipinski definition) is 3. The van der Waals surface area contributed by atoms with Gasteiger partial charge in [-0.3, -0.25) is 4.79 Å². The molecule has 0 saturated heterocycles. The fourth-order valence-electron chi connectivity index (χ4n) is 3.54. The van der Waals surface area contributed by atoms with Crippen LogP contribution >= 0.6 is 12.2 Å². The molecule has 0 fully saturated rings. The molecule has 4 N–H and O–H groups in total. The number of nitrogens with zero attached hydrogens (tertiary/aromatic N) is 2. The highest BCUT2D eigenvalue weighted by atomic mass is 32.1. The molecule has 0 spiro atoms. The van der Waals surface area contributed by atoms with E-state index in [0.717, 1.165) is 11.3 Å². The van der Waals surface area contributed by atoms with Crippen molar-refractivity contribution >= 4 is 40.8 Å². The minimum atomic E-state index is -0.616. The van der Waals surface area contributed by atoms with E-state index in [1.54, 1.807) is 54.6 Å². The van der Waals surface area contributed by atoms with Gasteiger partial charge in [0.1, 0.15) is 0 Å². The van der Waals surface area contributed by atoms with Crippen molar-refractivity contribution in [3.8, 4) is 17.0 Å². The number of rotatable bonds is 8. The van der Waals surface area contributed by atoms with Gasteiger partial charge in [0.15, 0.2) is 16.7 Å². The minimum absolute atomic E-state index is 0.0715. The Morgan fingerprint density at radius 2 is 1.61 bits per heavy atom. The molecule has 10 heteroatoms. The highest BCUT2D eigenvalue weighted by molar-refractivity contribution is 7.80. The minimum Gasteiger partial charge on any atom is -0.465 e. The first kappa shape index (κ1) is 26.4. The Kier molecular flexibility index (Phi) is 8.70. The third kappa shape index (κ3) is 6.96. The molecule has 1 aromatic heterocycles. The molecule has 192 valence electrons. The summed E-state index contributed by atoms with van der Waals surface area (Å²) in [5, 5.41) is 14.6. The van der Waals surface area contributed by atoms with Crippen LogP contribution < -0.4 is 21.1 Å².